The van der Waals surface area contributed by atoms with Crippen LogP contribution in [0.15, 0.2) is 30.5 Å². The maximum atomic E-state index is 12.7. The first kappa shape index (κ1) is 13.2. The first-order valence-electron chi connectivity index (χ1n) is 5.82. The van der Waals surface area contributed by atoms with E-state index in [9.17, 15) is 9.18 Å². The highest BCUT2D eigenvalue weighted by atomic mass is 19.1. The van der Waals surface area contributed by atoms with Gasteiger partial charge < -0.3 is 11.1 Å². The normalized spacial score (nSPS) is 10.4. The molecule has 0 radical (unpaired) electrons. The van der Waals surface area contributed by atoms with Crippen molar-refractivity contribution in [1.29, 1.82) is 0 Å². The molecule has 0 bridgehead atoms. The van der Waals surface area contributed by atoms with Crippen molar-refractivity contribution in [1.82, 2.24) is 20.3 Å². The van der Waals surface area contributed by atoms with Gasteiger partial charge in [0, 0.05) is 13.1 Å². The van der Waals surface area contributed by atoms with Crippen LogP contribution in [-0.4, -0.2) is 27.4 Å². The van der Waals surface area contributed by atoms with Crippen LogP contribution in [0.5, 0.6) is 0 Å². The van der Waals surface area contributed by atoms with E-state index in [4.69, 9.17) is 5.73 Å². The molecule has 3 N–H and O–H groups in total. The third-order valence-electron chi connectivity index (χ3n) is 2.50. The molecule has 19 heavy (non-hydrogen) atoms. The van der Waals surface area contributed by atoms with Crippen molar-refractivity contribution in [3.05, 3.63) is 47.5 Å². The summed E-state index contributed by atoms with van der Waals surface area (Å²) < 4.78 is 14.2. The van der Waals surface area contributed by atoms with Crippen LogP contribution in [0.2, 0.25) is 0 Å². The molecule has 0 fully saturated rings. The molecule has 0 spiro atoms. The fraction of sp³-hybridized carbons (Fsp3) is 0.250. The van der Waals surface area contributed by atoms with Gasteiger partial charge in [-0.15, -0.1) is 5.10 Å². The van der Waals surface area contributed by atoms with Gasteiger partial charge in [-0.2, -0.15) is 0 Å². The molecule has 6 nitrogen and oxygen atoms in total. The Morgan fingerprint density at radius 2 is 2.11 bits per heavy atom. The van der Waals surface area contributed by atoms with Crippen LogP contribution in [0.1, 0.15) is 16.1 Å². The molecular formula is C12H14FN5O. The molecule has 1 aromatic carbocycles. The summed E-state index contributed by atoms with van der Waals surface area (Å²) >= 11 is 0. The number of hydrogen-bond acceptors (Lipinski definition) is 4. The van der Waals surface area contributed by atoms with Crippen molar-refractivity contribution in [3.63, 3.8) is 0 Å². The summed E-state index contributed by atoms with van der Waals surface area (Å²) in [6.07, 6.45) is 1.53. The molecule has 0 atom stereocenters. The second kappa shape index (κ2) is 6.05. The summed E-state index contributed by atoms with van der Waals surface area (Å²) in [4.78, 5) is 11.8. The molecule has 0 saturated heterocycles. The fourth-order valence-electron chi connectivity index (χ4n) is 1.52. The highest BCUT2D eigenvalue weighted by Gasteiger charge is 2.09. The second-order valence-electron chi connectivity index (χ2n) is 3.96. The lowest BCUT2D eigenvalue weighted by Gasteiger charge is -2.02. The van der Waals surface area contributed by atoms with E-state index in [2.05, 4.69) is 15.6 Å². The molecule has 0 unspecified atom stereocenters. The van der Waals surface area contributed by atoms with Crippen molar-refractivity contribution in [2.75, 3.05) is 6.54 Å². The summed E-state index contributed by atoms with van der Waals surface area (Å²) in [7, 11) is 0. The number of halogens is 1. The highest BCUT2D eigenvalue weighted by Crippen LogP contribution is 2.02. The molecule has 0 aliphatic carbocycles. The number of nitrogens with two attached hydrogens (primary N) is 1. The van der Waals surface area contributed by atoms with E-state index < -0.39 is 0 Å². The Hall–Kier alpha value is -2.28. The lowest BCUT2D eigenvalue weighted by atomic mass is 10.2. The second-order valence-corrected chi connectivity index (χ2v) is 3.96. The summed E-state index contributed by atoms with van der Waals surface area (Å²) in [5.41, 5.74) is 6.41. The third-order valence-corrected chi connectivity index (χ3v) is 2.50. The van der Waals surface area contributed by atoms with Crippen molar-refractivity contribution in [2.24, 2.45) is 5.73 Å². The number of carbonyl (C=O) groups is 1. The smallest absolute Gasteiger partial charge is 0.273 e. The molecular weight excluding hydrogens is 249 g/mol. The molecule has 0 saturated carbocycles. The van der Waals surface area contributed by atoms with Crippen LogP contribution >= 0.6 is 0 Å². The van der Waals surface area contributed by atoms with Crippen LogP contribution in [-0.2, 0) is 13.1 Å². The van der Waals surface area contributed by atoms with E-state index >= 15 is 0 Å². The highest BCUT2D eigenvalue weighted by molar-refractivity contribution is 5.91. The largest absolute Gasteiger partial charge is 0.347 e. The van der Waals surface area contributed by atoms with Gasteiger partial charge in [0.25, 0.3) is 5.91 Å². The zero-order chi connectivity index (χ0) is 13.7. The lowest BCUT2D eigenvalue weighted by molar-refractivity contribution is 0.0946. The predicted molar refractivity (Wildman–Crippen MR) is 66.6 cm³/mol. The molecule has 0 aliphatic rings. The molecule has 7 heteroatoms. The summed E-state index contributed by atoms with van der Waals surface area (Å²) in [5.74, 6) is -0.632. The van der Waals surface area contributed by atoms with Crippen molar-refractivity contribution >= 4 is 5.91 Å². The number of amides is 1. The molecule has 1 heterocycles. The van der Waals surface area contributed by atoms with E-state index in [1.54, 1.807) is 12.1 Å². The standard InChI is InChI=1S/C12H14FN5O/c13-10-3-1-9(2-4-10)7-15-12(19)11-8-18(6-5-14)17-16-11/h1-4,8H,5-7,14H2,(H,15,19). The molecule has 100 valence electrons. The third kappa shape index (κ3) is 3.59. The number of carbonyl (C=O) groups excluding carboxylic acids is 1. The van der Waals surface area contributed by atoms with Gasteiger partial charge in [0.15, 0.2) is 5.69 Å². The van der Waals surface area contributed by atoms with E-state index in [1.165, 1.54) is 23.0 Å². The van der Waals surface area contributed by atoms with Gasteiger partial charge in [-0.05, 0) is 17.7 Å². The zero-order valence-corrected chi connectivity index (χ0v) is 10.2. The Bertz CT molecular complexity index is 552. The molecule has 1 aromatic heterocycles. The van der Waals surface area contributed by atoms with Gasteiger partial charge in [-0.3, -0.25) is 9.48 Å². The SMILES string of the molecule is NCCn1cc(C(=O)NCc2ccc(F)cc2)nn1. The topological polar surface area (TPSA) is 85.8 Å². The quantitative estimate of drug-likeness (QED) is 0.812. The number of nitrogens with one attached hydrogen (secondary N) is 1. The summed E-state index contributed by atoms with van der Waals surface area (Å²) in [6, 6.07) is 5.92. The lowest BCUT2D eigenvalue weighted by Crippen LogP contribution is -2.23. The summed E-state index contributed by atoms with van der Waals surface area (Å²) in [5, 5.41) is 10.2. The molecule has 2 rings (SSSR count). The Kier molecular flexibility index (Phi) is 4.19. The van der Waals surface area contributed by atoms with Gasteiger partial charge in [0.1, 0.15) is 5.82 Å². The Morgan fingerprint density at radius 1 is 1.37 bits per heavy atom. The van der Waals surface area contributed by atoms with Gasteiger partial charge >= 0.3 is 0 Å². The van der Waals surface area contributed by atoms with E-state index in [-0.39, 0.29) is 17.4 Å². The van der Waals surface area contributed by atoms with Crippen LogP contribution in [0.3, 0.4) is 0 Å². The Morgan fingerprint density at radius 3 is 2.79 bits per heavy atom. The average molecular weight is 263 g/mol. The van der Waals surface area contributed by atoms with Crippen molar-refractivity contribution in [3.8, 4) is 0 Å². The minimum Gasteiger partial charge on any atom is -0.347 e. The monoisotopic (exact) mass is 263 g/mol. The molecule has 1 amide bonds. The fourth-order valence-corrected chi connectivity index (χ4v) is 1.52. The van der Waals surface area contributed by atoms with Gasteiger partial charge in [0.05, 0.1) is 12.7 Å². The molecule has 2 aromatic rings. The van der Waals surface area contributed by atoms with Crippen molar-refractivity contribution < 1.29 is 9.18 Å². The van der Waals surface area contributed by atoms with Crippen LogP contribution < -0.4 is 11.1 Å². The number of rotatable bonds is 5. The maximum absolute atomic E-state index is 12.7. The average Bonchev–Trinajstić information content (AvgIpc) is 2.87. The van der Waals surface area contributed by atoms with Gasteiger partial charge in [-0.25, -0.2) is 4.39 Å². The zero-order valence-electron chi connectivity index (χ0n) is 10.2. The van der Waals surface area contributed by atoms with Crippen molar-refractivity contribution in [2.45, 2.75) is 13.1 Å². The van der Waals surface area contributed by atoms with E-state index in [0.717, 1.165) is 5.56 Å². The van der Waals surface area contributed by atoms with Crippen LogP contribution in [0, 0.1) is 5.82 Å². The minimum absolute atomic E-state index is 0.232. The first-order chi connectivity index (χ1) is 9.19. The number of hydrogen-bond donors (Lipinski definition) is 2. The number of benzene rings is 1. The van der Waals surface area contributed by atoms with Crippen LogP contribution in [0.25, 0.3) is 0 Å². The Labute approximate surface area is 109 Å². The first-order valence-corrected chi connectivity index (χ1v) is 5.82. The predicted octanol–water partition coefficient (Wildman–Crippen LogP) is 0.306. The summed E-state index contributed by atoms with van der Waals surface area (Å²) in [6.45, 7) is 1.25. The van der Waals surface area contributed by atoms with E-state index in [1.807, 2.05) is 0 Å². The molecule has 0 aliphatic heterocycles. The van der Waals surface area contributed by atoms with Crippen LogP contribution in [0.4, 0.5) is 4.39 Å². The minimum atomic E-state index is -0.326. The Balaban J connectivity index is 1.91. The maximum Gasteiger partial charge on any atom is 0.273 e. The number of nitrogens with zero attached hydrogens (tertiary/aromatic N) is 3. The number of aromatic nitrogens is 3. The van der Waals surface area contributed by atoms with E-state index in [0.29, 0.717) is 19.6 Å². The van der Waals surface area contributed by atoms with Gasteiger partial charge in [-0.1, -0.05) is 17.3 Å². The van der Waals surface area contributed by atoms with Gasteiger partial charge in [0.2, 0.25) is 0 Å².